The second-order valence-electron chi connectivity index (χ2n) is 3.94. The summed E-state index contributed by atoms with van der Waals surface area (Å²) in [5, 5.41) is 13.0. The van der Waals surface area contributed by atoms with Gasteiger partial charge in [0.25, 0.3) is 0 Å². The van der Waals surface area contributed by atoms with E-state index in [-0.39, 0.29) is 0 Å². The normalized spacial score (nSPS) is 10.8. The molecule has 0 aliphatic carbocycles. The summed E-state index contributed by atoms with van der Waals surface area (Å²) in [6, 6.07) is 0. The SMILES string of the molecule is CCCNc1nnc(COCCOCCCOC)s1. The van der Waals surface area contributed by atoms with Crippen molar-refractivity contribution in [3.63, 3.8) is 0 Å². The topological polar surface area (TPSA) is 65.5 Å². The third-order valence-corrected chi connectivity index (χ3v) is 3.08. The molecule has 1 rings (SSSR count). The molecule has 1 aromatic rings. The van der Waals surface area contributed by atoms with Gasteiger partial charge in [-0.2, -0.15) is 0 Å². The Morgan fingerprint density at radius 1 is 1.11 bits per heavy atom. The number of anilines is 1. The van der Waals surface area contributed by atoms with Crippen molar-refractivity contribution in [2.45, 2.75) is 26.4 Å². The van der Waals surface area contributed by atoms with Gasteiger partial charge in [-0.15, -0.1) is 10.2 Å². The highest BCUT2D eigenvalue weighted by Gasteiger charge is 2.03. The number of nitrogens with zero attached hydrogens (tertiary/aromatic N) is 2. The molecule has 0 aliphatic heterocycles. The van der Waals surface area contributed by atoms with Gasteiger partial charge in [0, 0.05) is 26.9 Å². The van der Waals surface area contributed by atoms with E-state index in [1.165, 1.54) is 11.3 Å². The van der Waals surface area contributed by atoms with E-state index in [4.69, 9.17) is 14.2 Å². The van der Waals surface area contributed by atoms with Crippen molar-refractivity contribution in [1.82, 2.24) is 10.2 Å². The molecule has 0 aromatic carbocycles. The van der Waals surface area contributed by atoms with E-state index in [9.17, 15) is 0 Å². The highest BCUT2D eigenvalue weighted by Crippen LogP contribution is 2.15. The fraction of sp³-hybridized carbons (Fsp3) is 0.833. The molecule has 1 heterocycles. The summed E-state index contributed by atoms with van der Waals surface area (Å²) in [7, 11) is 1.69. The van der Waals surface area contributed by atoms with Gasteiger partial charge in [-0.05, 0) is 12.8 Å². The molecule has 7 heteroatoms. The molecule has 1 aromatic heterocycles. The lowest BCUT2D eigenvalue weighted by molar-refractivity contribution is 0.0335. The first-order valence-corrected chi connectivity index (χ1v) is 7.39. The highest BCUT2D eigenvalue weighted by molar-refractivity contribution is 7.15. The molecule has 0 saturated carbocycles. The van der Waals surface area contributed by atoms with E-state index in [2.05, 4.69) is 22.4 Å². The van der Waals surface area contributed by atoms with Crippen LogP contribution in [-0.4, -0.2) is 50.3 Å². The second kappa shape index (κ2) is 11.1. The van der Waals surface area contributed by atoms with Gasteiger partial charge in [-0.3, -0.25) is 0 Å². The van der Waals surface area contributed by atoms with Crippen LogP contribution in [0.15, 0.2) is 0 Å². The Labute approximate surface area is 118 Å². The predicted molar refractivity (Wildman–Crippen MR) is 75.7 cm³/mol. The van der Waals surface area contributed by atoms with Crippen molar-refractivity contribution in [3.05, 3.63) is 5.01 Å². The molecule has 6 nitrogen and oxygen atoms in total. The third-order valence-electron chi connectivity index (χ3n) is 2.23. The number of ether oxygens (including phenoxy) is 3. The maximum atomic E-state index is 5.47. The van der Waals surface area contributed by atoms with Gasteiger partial charge in [0.15, 0.2) is 0 Å². The van der Waals surface area contributed by atoms with E-state index >= 15 is 0 Å². The second-order valence-corrected chi connectivity index (χ2v) is 5.00. The molecular formula is C12H23N3O3S. The Hall–Kier alpha value is -0.760. The average Bonchev–Trinajstić information content (AvgIpc) is 2.87. The highest BCUT2D eigenvalue weighted by atomic mass is 32.1. The number of methoxy groups -OCH3 is 1. The molecule has 0 bridgehead atoms. The largest absolute Gasteiger partial charge is 0.385 e. The van der Waals surface area contributed by atoms with Gasteiger partial charge < -0.3 is 19.5 Å². The van der Waals surface area contributed by atoms with Gasteiger partial charge in [0.2, 0.25) is 5.13 Å². The molecule has 19 heavy (non-hydrogen) atoms. The minimum atomic E-state index is 0.493. The first-order valence-electron chi connectivity index (χ1n) is 6.57. The molecule has 0 unspecified atom stereocenters. The third kappa shape index (κ3) is 8.10. The zero-order chi connectivity index (χ0) is 13.8. The Balaban J connectivity index is 1.98. The van der Waals surface area contributed by atoms with Gasteiger partial charge in [-0.1, -0.05) is 18.3 Å². The quantitative estimate of drug-likeness (QED) is 0.593. The maximum Gasteiger partial charge on any atom is 0.205 e. The minimum Gasteiger partial charge on any atom is -0.385 e. The molecule has 0 amide bonds. The molecule has 1 N–H and O–H groups in total. The van der Waals surface area contributed by atoms with Crippen molar-refractivity contribution in [2.24, 2.45) is 0 Å². The fourth-order valence-electron chi connectivity index (χ4n) is 1.30. The van der Waals surface area contributed by atoms with E-state index in [0.29, 0.717) is 26.4 Å². The van der Waals surface area contributed by atoms with Crippen molar-refractivity contribution in [3.8, 4) is 0 Å². The van der Waals surface area contributed by atoms with Crippen LogP contribution in [0.4, 0.5) is 5.13 Å². The molecule has 0 fully saturated rings. The van der Waals surface area contributed by atoms with E-state index in [1.807, 2.05) is 0 Å². The van der Waals surface area contributed by atoms with Gasteiger partial charge in [0.05, 0.1) is 13.2 Å². The van der Waals surface area contributed by atoms with Crippen molar-refractivity contribution < 1.29 is 14.2 Å². The van der Waals surface area contributed by atoms with Crippen LogP contribution < -0.4 is 5.32 Å². The molecule has 0 radical (unpaired) electrons. The molecule has 110 valence electrons. The van der Waals surface area contributed by atoms with Crippen molar-refractivity contribution in [1.29, 1.82) is 0 Å². The van der Waals surface area contributed by atoms with Crippen LogP contribution in [-0.2, 0) is 20.8 Å². The number of aromatic nitrogens is 2. The average molecular weight is 289 g/mol. The number of nitrogens with one attached hydrogen (secondary N) is 1. The smallest absolute Gasteiger partial charge is 0.205 e. The summed E-state index contributed by atoms with van der Waals surface area (Å²) in [4.78, 5) is 0. The standard InChI is InChI=1S/C12H23N3O3S/c1-3-5-13-12-15-14-11(19-12)10-18-9-8-17-7-4-6-16-2/h3-10H2,1-2H3,(H,13,15). The number of rotatable bonds is 12. The Bertz CT molecular complexity index is 323. The molecule has 0 saturated heterocycles. The predicted octanol–water partition coefficient (Wildman–Crippen LogP) is 1.93. The van der Waals surface area contributed by atoms with E-state index < -0.39 is 0 Å². The maximum absolute atomic E-state index is 5.47. The summed E-state index contributed by atoms with van der Waals surface area (Å²) in [6.45, 7) is 6.15. The molecule has 0 aliphatic rings. The first kappa shape index (κ1) is 16.3. The van der Waals surface area contributed by atoms with E-state index in [0.717, 1.165) is 36.1 Å². The first-order chi connectivity index (χ1) is 9.36. The number of hydrogen-bond acceptors (Lipinski definition) is 7. The Morgan fingerprint density at radius 2 is 1.95 bits per heavy atom. The fourth-order valence-corrected chi connectivity index (χ4v) is 2.00. The van der Waals surface area contributed by atoms with Crippen LogP contribution in [0.1, 0.15) is 24.8 Å². The van der Waals surface area contributed by atoms with Crippen molar-refractivity contribution in [2.75, 3.05) is 45.4 Å². The summed E-state index contributed by atoms with van der Waals surface area (Å²) in [5.74, 6) is 0. The summed E-state index contributed by atoms with van der Waals surface area (Å²) >= 11 is 1.53. The van der Waals surface area contributed by atoms with Crippen LogP contribution in [0.2, 0.25) is 0 Å². The minimum absolute atomic E-state index is 0.493. The lowest BCUT2D eigenvalue weighted by Crippen LogP contribution is -2.06. The van der Waals surface area contributed by atoms with Crippen LogP contribution >= 0.6 is 11.3 Å². The van der Waals surface area contributed by atoms with Crippen LogP contribution in [0.5, 0.6) is 0 Å². The molecular weight excluding hydrogens is 266 g/mol. The van der Waals surface area contributed by atoms with Crippen molar-refractivity contribution >= 4 is 16.5 Å². The lowest BCUT2D eigenvalue weighted by atomic mass is 10.5. The molecule has 0 spiro atoms. The molecule has 0 atom stereocenters. The van der Waals surface area contributed by atoms with E-state index in [1.54, 1.807) is 7.11 Å². The number of hydrogen-bond donors (Lipinski definition) is 1. The Morgan fingerprint density at radius 3 is 2.74 bits per heavy atom. The van der Waals surface area contributed by atoms with Gasteiger partial charge in [0.1, 0.15) is 11.6 Å². The van der Waals surface area contributed by atoms with Crippen LogP contribution in [0.3, 0.4) is 0 Å². The summed E-state index contributed by atoms with van der Waals surface area (Å²) in [6.07, 6.45) is 1.99. The summed E-state index contributed by atoms with van der Waals surface area (Å²) < 4.78 is 15.8. The lowest BCUT2D eigenvalue weighted by Gasteiger charge is -2.04. The van der Waals surface area contributed by atoms with Gasteiger partial charge in [-0.25, -0.2) is 0 Å². The Kier molecular flexibility index (Phi) is 9.52. The monoisotopic (exact) mass is 289 g/mol. The summed E-state index contributed by atoms with van der Waals surface area (Å²) in [5.41, 5.74) is 0. The van der Waals surface area contributed by atoms with Gasteiger partial charge >= 0.3 is 0 Å². The van der Waals surface area contributed by atoms with Crippen LogP contribution in [0, 0.1) is 0 Å². The zero-order valence-electron chi connectivity index (χ0n) is 11.7. The zero-order valence-corrected chi connectivity index (χ0v) is 12.5. The van der Waals surface area contributed by atoms with Crippen LogP contribution in [0.25, 0.3) is 0 Å².